The van der Waals surface area contributed by atoms with Crippen molar-refractivity contribution in [2.45, 2.75) is 65.7 Å². The molecular formula is C32H35N3O7S. The van der Waals surface area contributed by atoms with E-state index in [1.165, 1.54) is 25.2 Å². The van der Waals surface area contributed by atoms with Crippen LogP contribution in [-0.4, -0.2) is 52.1 Å². The molecule has 1 atom stereocenters. The number of thiophene rings is 1. The lowest BCUT2D eigenvalue weighted by Crippen LogP contribution is -2.54. The molecular weight excluding hydrogens is 570 g/mol. The monoisotopic (exact) mass is 605 g/mol. The van der Waals surface area contributed by atoms with E-state index in [4.69, 9.17) is 9.47 Å². The van der Waals surface area contributed by atoms with E-state index in [2.05, 4.69) is 15.6 Å². The molecule has 0 saturated heterocycles. The van der Waals surface area contributed by atoms with Crippen LogP contribution < -0.4 is 10.6 Å². The van der Waals surface area contributed by atoms with Crippen molar-refractivity contribution in [3.05, 3.63) is 69.6 Å². The highest BCUT2D eigenvalue weighted by Crippen LogP contribution is 2.37. The van der Waals surface area contributed by atoms with E-state index in [1.807, 2.05) is 13.0 Å². The number of anilines is 1. The summed E-state index contributed by atoms with van der Waals surface area (Å²) in [7, 11) is 1.59. The van der Waals surface area contributed by atoms with E-state index < -0.39 is 23.2 Å². The van der Waals surface area contributed by atoms with Gasteiger partial charge in [0.1, 0.15) is 17.0 Å². The maximum Gasteiger partial charge on any atom is 0.408 e. The third-order valence-electron chi connectivity index (χ3n) is 6.91. The number of nitrogens with one attached hydrogen (secondary N) is 2. The van der Waals surface area contributed by atoms with Crippen LogP contribution in [0.2, 0.25) is 0 Å². The van der Waals surface area contributed by atoms with E-state index in [0.29, 0.717) is 39.3 Å². The first-order valence-corrected chi connectivity index (χ1v) is 14.4. The summed E-state index contributed by atoms with van der Waals surface area (Å²) >= 11 is 1.25. The summed E-state index contributed by atoms with van der Waals surface area (Å²) in [5.41, 5.74) is 0.934. The molecule has 0 fully saturated rings. The molecule has 226 valence electrons. The van der Waals surface area contributed by atoms with Crippen molar-refractivity contribution < 1.29 is 33.8 Å². The maximum absolute atomic E-state index is 13.4. The zero-order valence-corrected chi connectivity index (χ0v) is 26.0. The van der Waals surface area contributed by atoms with Crippen LogP contribution in [-0.2, 0) is 27.3 Å². The molecule has 0 spiro atoms. The number of aryl methyl sites for hydroxylation is 1. The number of aromatic nitrogens is 1. The Morgan fingerprint density at radius 3 is 2.35 bits per heavy atom. The first kappa shape index (κ1) is 31.6. The van der Waals surface area contributed by atoms with Gasteiger partial charge in [0.05, 0.1) is 17.0 Å². The number of carboxylic acids is 1. The fourth-order valence-electron chi connectivity index (χ4n) is 4.90. The zero-order valence-electron chi connectivity index (χ0n) is 25.2. The number of ketones is 1. The Morgan fingerprint density at radius 1 is 1.00 bits per heavy atom. The van der Waals surface area contributed by atoms with Crippen LogP contribution in [0.4, 0.5) is 10.6 Å². The van der Waals surface area contributed by atoms with Gasteiger partial charge in [0, 0.05) is 34.6 Å². The molecule has 0 aliphatic carbocycles. The van der Waals surface area contributed by atoms with Gasteiger partial charge in [-0.05, 0) is 82.5 Å². The van der Waals surface area contributed by atoms with Gasteiger partial charge in [0.15, 0.2) is 5.78 Å². The number of fused-ring (bicyclic) bond motifs is 2. The second kappa shape index (κ2) is 12.1. The van der Waals surface area contributed by atoms with Crippen molar-refractivity contribution in [1.29, 1.82) is 0 Å². The number of hydrogen-bond acceptors (Lipinski definition) is 8. The van der Waals surface area contributed by atoms with Crippen molar-refractivity contribution in [2.24, 2.45) is 0 Å². The van der Waals surface area contributed by atoms with E-state index in [-0.39, 0.29) is 18.1 Å². The number of methoxy groups -OCH3 is 1. The smallest absolute Gasteiger partial charge is 0.408 e. The number of amides is 2. The predicted molar refractivity (Wildman–Crippen MR) is 166 cm³/mol. The van der Waals surface area contributed by atoms with Gasteiger partial charge in [0.2, 0.25) is 0 Å². The van der Waals surface area contributed by atoms with Crippen molar-refractivity contribution in [1.82, 2.24) is 10.3 Å². The highest BCUT2D eigenvalue weighted by atomic mass is 32.1. The average Bonchev–Trinajstić information content (AvgIpc) is 3.25. The minimum Gasteiger partial charge on any atom is -0.480 e. The second-order valence-corrected chi connectivity index (χ2v) is 12.6. The average molecular weight is 606 g/mol. The quantitative estimate of drug-likeness (QED) is 0.189. The number of pyridine rings is 1. The molecule has 0 aliphatic rings. The Bertz CT molecular complexity index is 1760. The first-order chi connectivity index (χ1) is 20.1. The number of Topliss-reactive ketones (excluding diaryl/α,β-unsaturated/α-hetero) is 1. The normalized spacial score (nSPS) is 13.0. The van der Waals surface area contributed by atoms with Gasteiger partial charge >= 0.3 is 12.1 Å². The Labute approximate surface area is 253 Å². The summed E-state index contributed by atoms with van der Waals surface area (Å²) in [6.07, 6.45) is -0.864. The molecule has 0 bridgehead atoms. The minimum absolute atomic E-state index is 0.0322. The summed E-state index contributed by atoms with van der Waals surface area (Å²) in [6, 6.07) is 12.3. The van der Waals surface area contributed by atoms with Crippen molar-refractivity contribution in [3.63, 3.8) is 0 Å². The minimum atomic E-state index is -1.65. The molecule has 4 aromatic rings. The molecule has 10 nitrogen and oxygen atoms in total. The molecule has 2 aromatic heterocycles. The Kier molecular flexibility index (Phi) is 8.89. The Morgan fingerprint density at radius 2 is 1.72 bits per heavy atom. The lowest BCUT2D eigenvalue weighted by atomic mass is 9.91. The highest BCUT2D eigenvalue weighted by Gasteiger charge is 2.37. The van der Waals surface area contributed by atoms with Gasteiger partial charge in [-0.25, -0.2) is 14.6 Å². The Balaban J connectivity index is 1.63. The number of aliphatic carboxylic acids is 1. The largest absolute Gasteiger partial charge is 0.480 e. The van der Waals surface area contributed by atoms with Crippen LogP contribution in [0.1, 0.15) is 71.3 Å². The molecule has 43 heavy (non-hydrogen) atoms. The van der Waals surface area contributed by atoms with Crippen LogP contribution in [0.5, 0.6) is 0 Å². The van der Waals surface area contributed by atoms with Crippen LogP contribution >= 0.6 is 11.3 Å². The van der Waals surface area contributed by atoms with Crippen molar-refractivity contribution >= 4 is 61.9 Å². The fraction of sp³-hybridized carbons (Fsp3) is 0.344. The summed E-state index contributed by atoms with van der Waals surface area (Å²) in [6.45, 7) is 10.2. The summed E-state index contributed by atoms with van der Waals surface area (Å²) in [4.78, 5) is 55.4. The number of benzene rings is 2. The van der Waals surface area contributed by atoms with Crippen LogP contribution in [0, 0.1) is 6.92 Å². The van der Waals surface area contributed by atoms with Crippen molar-refractivity contribution in [2.75, 3.05) is 12.4 Å². The fourth-order valence-corrected chi connectivity index (χ4v) is 6.21. The van der Waals surface area contributed by atoms with Crippen molar-refractivity contribution in [3.8, 4) is 0 Å². The van der Waals surface area contributed by atoms with E-state index in [1.54, 1.807) is 64.3 Å². The Hall–Kier alpha value is -4.35. The van der Waals surface area contributed by atoms with Crippen LogP contribution in [0.25, 0.3) is 21.0 Å². The predicted octanol–water partition coefficient (Wildman–Crippen LogP) is 6.27. The first-order valence-electron chi connectivity index (χ1n) is 13.6. The molecule has 2 aromatic carbocycles. The van der Waals surface area contributed by atoms with Gasteiger partial charge in [-0.2, -0.15) is 0 Å². The number of carbonyl (C=O) groups is 4. The molecule has 11 heteroatoms. The molecule has 4 rings (SSSR count). The van der Waals surface area contributed by atoms with Crippen LogP contribution in [0.3, 0.4) is 0 Å². The molecule has 2 heterocycles. The maximum atomic E-state index is 13.4. The standard InChI is InChI=1S/C32H35N3O7S/c1-17-25-20(16-41-7)11-12-21(18(2)36)27(25)43-26(17)28(37)34-24-14-13-22-19(9-8-10-23(22)33-24)15-32(6,29(38)39)35-30(40)42-31(3,4)5/h8-14H,15-16H2,1-7H3,(H,35,40)(H,38,39)(H,33,34,37)/t32-/m0/s1. The van der Waals surface area contributed by atoms with Gasteiger partial charge in [-0.1, -0.05) is 18.2 Å². The summed E-state index contributed by atoms with van der Waals surface area (Å²) < 4.78 is 11.4. The van der Waals surface area contributed by atoms with E-state index >= 15 is 0 Å². The molecule has 0 saturated carbocycles. The SMILES string of the molecule is COCc1ccc(C(C)=O)c2sc(C(=O)Nc3ccc4c(C[C@](C)(NC(=O)OC(C)(C)C)C(=O)O)cccc4n3)c(C)c12. The number of ether oxygens (including phenoxy) is 2. The van der Waals surface area contributed by atoms with Gasteiger partial charge in [-0.15, -0.1) is 11.3 Å². The lowest BCUT2D eigenvalue weighted by molar-refractivity contribution is -0.144. The zero-order chi connectivity index (χ0) is 31.7. The molecule has 3 N–H and O–H groups in total. The third kappa shape index (κ3) is 6.84. The van der Waals surface area contributed by atoms with Gasteiger partial charge < -0.3 is 25.2 Å². The molecule has 2 amide bonds. The number of alkyl carbamates (subject to hydrolysis) is 1. The number of rotatable bonds is 9. The lowest BCUT2D eigenvalue weighted by Gasteiger charge is -2.29. The summed E-state index contributed by atoms with van der Waals surface area (Å²) in [5, 5.41) is 16.8. The molecule has 0 aliphatic heterocycles. The molecule has 0 unspecified atom stereocenters. The van der Waals surface area contributed by atoms with E-state index in [9.17, 15) is 24.3 Å². The van der Waals surface area contributed by atoms with Gasteiger partial charge in [-0.3, -0.25) is 9.59 Å². The topological polar surface area (TPSA) is 144 Å². The van der Waals surface area contributed by atoms with Gasteiger partial charge in [0.25, 0.3) is 5.91 Å². The number of hydrogen-bond donors (Lipinski definition) is 3. The molecule has 0 radical (unpaired) electrons. The second-order valence-electron chi connectivity index (χ2n) is 11.6. The highest BCUT2D eigenvalue weighted by molar-refractivity contribution is 7.21. The van der Waals surface area contributed by atoms with Crippen LogP contribution in [0.15, 0.2) is 42.5 Å². The number of nitrogens with zero attached hydrogens (tertiary/aromatic N) is 1. The summed E-state index contributed by atoms with van der Waals surface area (Å²) in [5.74, 6) is -1.36. The van der Waals surface area contributed by atoms with E-state index in [0.717, 1.165) is 21.2 Å². The number of carbonyl (C=O) groups excluding carboxylic acids is 3. The number of carboxylic acid groups (broad SMARTS) is 1. The third-order valence-corrected chi connectivity index (χ3v) is 8.23.